The average Bonchev–Trinajstić information content (AvgIpc) is 3.09. The molecule has 128 valence electrons. The molecule has 0 bridgehead atoms. The highest BCUT2D eigenvalue weighted by molar-refractivity contribution is 7.11. The molecule has 1 N–H and O–H groups in total. The summed E-state index contributed by atoms with van der Waals surface area (Å²) in [5.74, 6) is 0.568. The minimum atomic E-state index is -0.0870. The van der Waals surface area contributed by atoms with Gasteiger partial charge in [-0.05, 0) is 25.0 Å². The Kier molecular flexibility index (Phi) is 5.45. The lowest BCUT2D eigenvalue weighted by molar-refractivity contribution is 0.0822. The summed E-state index contributed by atoms with van der Waals surface area (Å²) in [4.78, 5) is 23.5. The van der Waals surface area contributed by atoms with Crippen LogP contribution in [0.5, 0.6) is 0 Å². The van der Waals surface area contributed by atoms with Gasteiger partial charge in [0, 0.05) is 43.0 Å². The highest BCUT2D eigenvalue weighted by atomic mass is 32.1. The van der Waals surface area contributed by atoms with E-state index in [1.165, 1.54) is 46.9 Å². The van der Waals surface area contributed by atoms with Gasteiger partial charge in [-0.25, -0.2) is 4.98 Å². The van der Waals surface area contributed by atoms with Gasteiger partial charge in [-0.2, -0.15) is 0 Å². The summed E-state index contributed by atoms with van der Waals surface area (Å²) in [6, 6.07) is 3.68. The molecular formula is C18H24N4OS. The van der Waals surface area contributed by atoms with Gasteiger partial charge in [0.05, 0.1) is 11.6 Å². The number of thiazole rings is 1. The van der Waals surface area contributed by atoms with E-state index in [9.17, 15) is 4.79 Å². The fourth-order valence-corrected chi connectivity index (χ4v) is 4.04. The number of amides is 1. The summed E-state index contributed by atoms with van der Waals surface area (Å²) >= 11 is 1.81. The number of pyridine rings is 1. The van der Waals surface area contributed by atoms with E-state index in [1.807, 2.05) is 23.6 Å². The fraction of sp³-hybridized carbons (Fsp3) is 0.500. The summed E-state index contributed by atoms with van der Waals surface area (Å²) in [6.07, 6.45) is 10.2. The summed E-state index contributed by atoms with van der Waals surface area (Å²) in [5, 5.41) is 4.65. The van der Waals surface area contributed by atoms with Crippen LogP contribution in [0.3, 0.4) is 0 Å². The Morgan fingerprint density at radius 2 is 2.08 bits per heavy atom. The van der Waals surface area contributed by atoms with Crippen molar-refractivity contribution in [2.24, 2.45) is 0 Å². The molecular weight excluding hydrogens is 320 g/mol. The van der Waals surface area contributed by atoms with Crippen molar-refractivity contribution in [2.45, 2.75) is 44.6 Å². The molecule has 0 aliphatic heterocycles. The molecule has 1 saturated carbocycles. The Hall–Kier alpha value is -1.95. The Morgan fingerprint density at radius 3 is 2.83 bits per heavy atom. The predicted octanol–water partition coefficient (Wildman–Crippen LogP) is 3.90. The number of anilines is 1. The van der Waals surface area contributed by atoms with Crippen LogP contribution < -0.4 is 5.32 Å². The van der Waals surface area contributed by atoms with E-state index < -0.39 is 0 Å². The van der Waals surface area contributed by atoms with E-state index in [0.29, 0.717) is 11.6 Å². The maximum absolute atomic E-state index is 12.0. The van der Waals surface area contributed by atoms with Crippen LogP contribution in [0.25, 0.3) is 0 Å². The minimum Gasteiger partial charge on any atom is -0.380 e. The summed E-state index contributed by atoms with van der Waals surface area (Å²) < 4.78 is 0. The van der Waals surface area contributed by atoms with Gasteiger partial charge in [0.25, 0.3) is 5.91 Å². The first kappa shape index (κ1) is 16.9. The van der Waals surface area contributed by atoms with E-state index in [2.05, 4.69) is 15.3 Å². The van der Waals surface area contributed by atoms with Gasteiger partial charge in [-0.1, -0.05) is 19.3 Å². The van der Waals surface area contributed by atoms with Crippen molar-refractivity contribution in [1.29, 1.82) is 0 Å². The highest BCUT2D eigenvalue weighted by Gasteiger charge is 2.18. The Bertz CT molecular complexity index is 692. The molecule has 6 heteroatoms. The molecule has 3 rings (SSSR count). The first-order valence-corrected chi connectivity index (χ1v) is 9.31. The molecule has 1 aliphatic rings. The van der Waals surface area contributed by atoms with Gasteiger partial charge in [0.2, 0.25) is 0 Å². The Labute approximate surface area is 147 Å². The zero-order valence-corrected chi connectivity index (χ0v) is 15.1. The maximum Gasteiger partial charge on any atom is 0.272 e. The van der Waals surface area contributed by atoms with Crippen LogP contribution in [0.1, 0.15) is 58.4 Å². The van der Waals surface area contributed by atoms with Crippen molar-refractivity contribution in [3.63, 3.8) is 0 Å². The number of nitrogens with one attached hydrogen (secondary N) is 1. The van der Waals surface area contributed by atoms with E-state index in [1.54, 1.807) is 26.4 Å². The topological polar surface area (TPSA) is 58.1 Å². The second-order valence-corrected chi connectivity index (χ2v) is 7.63. The zero-order valence-electron chi connectivity index (χ0n) is 14.3. The molecule has 1 aliphatic carbocycles. The molecule has 24 heavy (non-hydrogen) atoms. The van der Waals surface area contributed by atoms with Crippen LogP contribution in [0.4, 0.5) is 5.69 Å². The molecule has 2 heterocycles. The molecule has 1 fully saturated rings. The zero-order chi connectivity index (χ0) is 16.9. The molecule has 2 aromatic heterocycles. The van der Waals surface area contributed by atoms with Crippen LogP contribution >= 0.6 is 11.3 Å². The maximum atomic E-state index is 12.0. The first-order valence-electron chi connectivity index (χ1n) is 8.49. The lowest BCUT2D eigenvalue weighted by Gasteiger charge is -2.18. The lowest BCUT2D eigenvalue weighted by atomic mass is 9.90. The number of rotatable bonds is 5. The standard InChI is InChI=1S/C18H24N4OS/c1-22(2)18(23)16-10-14(8-9-19-16)20-11-15-12-21-17(24-15)13-6-4-3-5-7-13/h8-10,12-13H,3-7,11H2,1-2H3,(H,19,20). The van der Waals surface area contributed by atoms with Gasteiger partial charge >= 0.3 is 0 Å². The number of hydrogen-bond acceptors (Lipinski definition) is 5. The summed E-state index contributed by atoms with van der Waals surface area (Å²) in [5.41, 5.74) is 1.36. The largest absolute Gasteiger partial charge is 0.380 e. The fourth-order valence-electron chi connectivity index (χ4n) is 3.02. The van der Waals surface area contributed by atoms with Gasteiger partial charge < -0.3 is 10.2 Å². The van der Waals surface area contributed by atoms with Gasteiger partial charge in [0.15, 0.2) is 0 Å². The molecule has 0 saturated heterocycles. The Balaban J connectivity index is 1.61. The smallest absolute Gasteiger partial charge is 0.272 e. The van der Waals surface area contributed by atoms with Crippen molar-refractivity contribution < 1.29 is 4.79 Å². The molecule has 2 aromatic rings. The number of carbonyl (C=O) groups excluding carboxylic acids is 1. The van der Waals surface area contributed by atoms with E-state index >= 15 is 0 Å². The van der Waals surface area contributed by atoms with Crippen LogP contribution in [0, 0.1) is 0 Å². The van der Waals surface area contributed by atoms with Crippen LogP contribution in [-0.2, 0) is 6.54 Å². The van der Waals surface area contributed by atoms with Crippen molar-refractivity contribution in [2.75, 3.05) is 19.4 Å². The van der Waals surface area contributed by atoms with Crippen molar-refractivity contribution in [3.8, 4) is 0 Å². The summed E-state index contributed by atoms with van der Waals surface area (Å²) in [7, 11) is 3.46. The predicted molar refractivity (Wildman–Crippen MR) is 97.5 cm³/mol. The third kappa shape index (κ3) is 4.12. The average molecular weight is 344 g/mol. The van der Waals surface area contributed by atoms with Crippen molar-refractivity contribution in [3.05, 3.63) is 40.1 Å². The minimum absolute atomic E-state index is 0.0870. The number of hydrogen-bond donors (Lipinski definition) is 1. The van der Waals surface area contributed by atoms with Gasteiger partial charge in [-0.15, -0.1) is 11.3 Å². The van der Waals surface area contributed by atoms with Crippen LogP contribution in [-0.4, -0.2) is 34.9 Å². The van der Waals surface area contributed by atoms with Crippen LogP contribution in [0.15, 0.2) is 24.5 Å². The summed E-state index contributed by atoms with van der Waals surface area (Å²) in [6.45, 7) is 0.726. The van der Waals surface area contributed by atoms with E-state index in [-0.39, 0.29) is 5.91 Å². The first-order chi connectivity index (χ1) is 11.6. The number of nitrogens with zero attached hydrogens (tertiary/aromatic N) is 3. The molecule has 5 nitrogen and oxygen atoms in total. The second-order valence-electron chi connectivity index (χ2n) is 6.48. The quantitative estimate of drug-likeness (QED) is 0.894. The number of carbonyl (C=O) groups is 1. The molecule has 0 unspecified atom stereocenters. The highest BCUT2D eigenvalue weighted by Crippen LogP contribution is 2.34. The molecule has 0 spiro atoms. The van der Waals surface area contributed by atoms with E-state index in [4.69, 9.17) is 0 Å². The number of aromatic nitrogens is 2. The van der Waals surface area contributed by atoms with Crippen molar-refractivity contribution in [1.82, 2.24) is 14.9 Å². The molecule has 0 aromatic carbocycles. The molecule has 0 radical (unpaired) electrons. The molecule has 0 atom stereocenters. The van der Waals surface area contributed by atoms with Crippen LogP contribution in [0.2, 0.25) is 0 Å². The van der Waals surface area contributed by atoms with Gasteiger partial charge in [-0.3, -0.25) is 9.78 Å². The second kappa shape index (κ2) is 7.75. The Morgan fingerprint density at radius 1 is 1.29 bits per heavy atom. The van der Waals surface area contributed by atoms with E-state index in [0.717, 1.165) is 12.2 Å². The normalized spacial score (nSPS) is 15.2. The monoisotopic (exact) mass is 344 g/mol. The SMILES string of the molecule is CN(C)C(=O)c1cc(NCc2cnc(C3CCCCC3)s2)ccn1. The van der Waals surface area contributed by atoms with Crippen molar-refractivity contribution >= 4 is 22.9 Å². The lowest BCUT2D eigenvalue weighted by Crippen LogP contribution is -2.22. The van der Waals surface area contributed by atoms with Gasteiger partial charge in [0.1, 0.15) is 5.69 Å². The third-order valence-corrected chi connectivity index (χ3v) is 5.54. The molecule has 1 amide bonds. The third-order valence-electron chi connectivity index (χ3n) is 4.38.